The molecule has 3 aromatic rings. The molecule has 2 aliphatic rings. The third-order valence-corrected chi connectivity index (χ3v) is 6.21. The third-order valence-electron chi connectivity index (χ3n) is 6.21. The zero-order valence-electron chi connectivity index (χ0n) is 18.7. The number of aryl methyl sites for hydroxylation is 2. The number of hydrogen-bond acceptors (Lipinski definition) is 8. The Morgan fingerprint density at radius 2 is 2.09 bits per heavy atom. The number of likely N-dealkylation sites (N-methyl/N-ethyl adjacent to an activating group) is 1. The molecular weight excluding hydrogens is 425 g/mol. The minimum absolute atomic E-state index is 0.0976. The van der Waals surface area contributed by atoms with E-state index < -0.39 is 11.7 Å². The van der Waals surface area contributed by atoms with Crippen molar-refractivity contribution in [2.75, 3.05) is 25.9 Å². The van der Waals surface area contributed by atoms with E-state index in [-0.39, 0.29) is 17.5 Å². The van der Waals surface area contributed by atoms with Gasteiger partial charge in [0.2, 0.25) is 0 Å². The zero-order valence-corrected chi connectivity index (χ0v) is 18.7. The number of likely N-dealkylation sites (tertiary alicyclic amines) is 1. The van der Waals surface area contributed by atoms with E-state index in [4.69, 9.17) is 15.2 Å². The number of aromatic nitrogens is 4. The topological polar surface area (TPSA) is 115 Å². The molecule has 0 unspecified atom stereocenters. The fourth-order valence-corrected chi connectivity index (χ4v) is 4.69. The Hall–Kier alpha value is -3.71. The van der Waals surface area contributed by atoms with Crippen molar-refractivity contribution in [3.63, 3.8) is 0 Å². The lowest BCUT2D eigenvalue weighted by Crippen LogP contribution is -2.63. The van der Waals surface area contributed by atoms with Crippen LogP contribution in [-0.2, 0) is 13.5 Å². The number of benzene rings is 1. The molecule has 1 fully saturated rings. The van der Waals surface area contributed by atoms with Crippen LogP contribution < -0.4 is 15.2 Å². The molecule has 2 aromatic heterocycles. The van der Waals surface area contributed by atoms with Crippen LogP contribution in [0.4, 0.5) is 10.2 Å². The number of hydrogen-bond donors (Lipinski definition) is 1. The second-order valence-corrected chi connectivity index (χ2v) is 8.75. The summed E-state index contributed by atoms with van der Waals surface area (Å²) in [6.45, 7) is 3.21. The van der Waals surface area contributed by atoms with E-state index in [1.54, 1.807) is 24.7 Å². The Morgan fingerprint density at radius 3 is 2.82 bits per heavy atom. The van der Waals surface area contributed by atoms with Crippen molar-refractivity contribution in [2.24, 2.45) is 7.05 Å². The smallest absolute Gasteiger partial charge is 0.258 e. The van der Waals surface area contributed by atoms with E-state index >= 15 is 0 Å². The van der Waals surface area contributed by atoms with Gasteiger partial charge >= 0.3 is 0 Å². The summed E-state index contributed by atoms with van der Waals surface area (Å²) in [4.78, 5) is 11.0. The highest BCUT2D eigenvalue weighted by molar-refractivity contribution is 5.69. The van der Waals surface area contributed by atoms with Crippen LogP contribution in [0.5, 0.6) is 11.6 Å². The van der Waals surface area contributed by atoms with Gasteiger partial charge in [0.25, 0.3) is 5.88 Å². The Labute approximate surface area is 190 Å². The Kier molecular flexibility index (Phi) is 4.94. The van der Waals surface area contributed by atoms with Gasteiger partial charge in [0.05, 0.1) is 23.1 Å². The molecule has 1 spiro atoms. The first-order valence-corrected chi connectivity index (χ1v) is 10.7. The van der Waals surface area contributed by atoms with Crippen LogP contribution in [0.25, 0.3) is 11.3 Å². The van der Waals surface area contributed by atoms with Gasteiger partial charge in [-0.05, 0) is 45.0 Å². The molecule has 1 aromatic carbocycles. The number of nitrogen functional groups attached to an aromatic ring is 1. The molecule has 5 rings (SSSR count). The molecule has 4 heterocycles. The van der Waals surface area contributed by atoms with Crippen molar-refractivity contribution in [1.29, 1.82) is 5.26 Å². The van der Waals surface area contributed by atoms with Crippen molar-refractivity contribution in [3.05, 3.63) is 47.2 Å². The van der Waals surface area contributed by atoms with E-state index in [9.17, 15) is 9.65 Å². The van der Waals surface area contributed by atoms with Gasteiger partial charge in [-0.25, -0.2) is 14.4 Å². The molecule has 1 saturated heterocycles. The summed E-state index contributed by atoms with van der Waals surface area (Å²) in [6.07, 6.45) is 2.13. The average molecular weight is 449 g/mol. The first-order chi connectivity index (χ1) is 15.8. The van der Waals surface area contributed by atoms with E-state index in [1.807, 2.05) is 7.05 Å². The van der Waals surface area contributed by atoms with Crippen LogP contribution in [0.2, 0.25) is 0 Å². The summed E-state index contributed by atoms with van der Waals surface area (Å²) in [5, 5.41) is 14.4. The quantitative estimate of drug-likeness (QED) is 0.557. The van der Waals surface area contributed by atoms with Crippen molar-refractivity contribution in [1.82, 2.24) is 24.6 Å². The van der Waals surface area contributed by atoms with Crippen LogP contribution in [0.1, 0.15) is 36.4 Å². The molecule has 9 nitrogen and oxygen atoms in total. The van der Waals surface area contributed by atoms with Crippen molar-refractivity contribution < 1.29 is 13.9 Å². The fraction of sp³-hybridized carbons (Fsp3) is 0.391. The molecule has 1 atom stereocenters. The SMILES string of the molecule is C[C@H]1Oc2nc(cnc2N)-c2c(nn(C)c2C#N)CCC2(CN(C)C2)Oc2ccc(F)cc21. The maximum atomic E-state index is 14.2. The zero-order chi connectivity index (χ0) is 23.3. The van der Waals surface area contributed by atoms with E-state index in [2.05, 4.69) is 26.0 Å². The first kappa shape index (κ1) is 21.2. The lowest BCUT2D eigenvalue weighted by molar-refractivity contribution is -0.0711. The molecule has 2 N–H and O–H groups in total. The number of halogens is 1. The van der Waals surface area contributed by atoms with Gasteiger partial charge in [0.1, 0.15) is 35.0 Å². The van der Waals surface area contributed by atoms with Crippen molar-refractivity contribution >= 4 is 5.82 Å². The normalized spacial score (nSPS) is 19.4. The van der Waals surface area contributed by atoms with Crippen LogP contribution >= 0.6 is 0 Å². The summed E-state index contributed by atoms with van der Waals surface area (Å²) >= 11 is 0. The lowest BCUT2D eigenvalue weighted by atomic mass is 9.87. The predicted molar refractivity (Wildman–Crippen MR) is 118 cm³/mol. The van der Waals surface area contributed by atoms with E-state index in [0.29, 0.717) is 54.2 Å². The largest absolute Gasteiger partial charge is 0.484 e. The number of anilines is 1. The molecular formula is C23H24FN7O2. The van der Waals surface area contributed by atoms with Crippen LogP contribution in [-0.4, -0.2) is 50.4 Å². The molecule has 170 valence electrons. The lowest BCUT2D eigenvalue weighted by Gasteiger charge is -2.48. The maximum Gasteiger partial charge on any atom is 0.258 e. The van der Waals surface area contributed by atoms with Gasteiger partial charge in [-0.1, -0.05) is 0 Å². The number of nitrogens with zero attached hydrogens (tertiary/aromatic N) is 6. The summed E-state index contributed by atoms with van der Waals surface area (Å²) in [7, 11) is 3.75. The summed E-state index contributed by atoms with van der Waals surface area (Å²) in [6, 6.07) is 6.64. The summed E-state index contributed by atoms with van der Waals surface area (Å²) in [5.74, 6) is 0.366. The summed E-state index contributed by atoms with van der Waals surface area (Å²) in [5.41, 5.74) is 8.29. The number of rotatable bonds is 0. The monoisotopic (exact) mass is 449 g/mol. The van der Waals surface area contributed by atoms with Gasteiger partial charge in [-0.15, -0.1) is 0 Å². The molecule has 2 bridgehead atoms. The highest BCUT2D eigenvalue weighted by Crippen LogP contribution is 2.39. The van der Waals surface area contributed by atoms with Crippen molar-refractivity contribution in [3.8, 4) is 29.0 Å². The van der Waals surface area contributed by atoms with Gasteiger partial charge in [-0.3, -0.25) is 9.58 Å². The average Bonchev–Trinajstić information content (AvgIpc) is 3.08. The Morgan fingerprint density at radius 1 is 1.30 bits per heavy atom. The Bertz CT molecular complexity index is 1280. The van der Waals surface area contributed by atoms with Crippen LogP contribution in [0.15, 0.2) is 24.4 Å². The minimum atomic E-state index is -0.609. The van der Waals surface area contributed by atoms with E-state index in [0.717, 1.165) is 5.69 Å². The standard InChI is InChI=1S/C23H24FN7O2/c1-13-15-8-14(24)4-5-19(15)33-23(11-30(2)12-23)7-6-16-20(18(9-25)31(3)29-16)17-10-27-21(26)22(28-17)32-13/h4-5,8,10,13H,6-7,11-12H2,1-3H3,(H2,26,27)/t13-/m1/s1. The highest BCUT2D eigenvalue weighted by atomic mass is 19.1. The second kappa shape index (κ2) is 7.71. The van der Waals surface area contributed by atoms with Crippen LogP contribution in [0.3, 0.4) is 0 Å². The molecule has 0 amide bonds. The molecule has 2 aliphatic heterocycles. The summed E-state index contributed by atoms with van der Waals surface area (Å²) < 4.78 is 28.3. The number of nitriles is 1. The van der Waals surface area contributed by atoms with Crippen molar-refractivity contribution in [2.45, 2.75) is 31.5 Å². The fourth-order valence-electron chi connectivity index (χ4n) is 4.69. The first-order valence-electron chi connectivity index (χ1n) is 10.7. The van der Waals surface area contributed by atoms with Gasteiger partial charge in [-0.2, -0.15) is 10.4 Å². The molecule has 0 saturated carbocycles. The molecule has 0 radical (unpaired) electrons. The predicted octanol–water partition coefficient (Wildman–Crippen LogP) is 2.62. The molecule has 10 heteroatoms. The number of fused-ring (bicyclic) bond motifs is 5. The Balaban J connectivity index is 1.68. The van der Waals surface area contributed by atoms with E-state index in [1.165, 1.54) is 18.3 Å². The number of nitrogens with two attached hydrogens (primary N) is 1. The highest BCUT2D eigenvalue weighted by Gasteiger charge is 2.44. The molecule has 0 aliphatic carbocycles. The van der Waals surface area contributed by atoms with Gasteiger partial charge in [0, 0.05) is 25.7 Å². The number of ether oxygens (including phenoxy) is 2. The second-order valence-electron chi connectivity index (χ2n) is 8.75. The molecule has 33 heavy (non-hydrogen) atoms. The van der Waals surface area contributed by atoms with Crippen LogP contribution in [0, 0.1) is 17.1 Å². The minimum Gasteiger partial charge on any atom is -0.484 e. The van der Waals surface area contributed by atoms with Gasteiger partial charge < -0.3 is 15.2 Å². The maximum absolute atomic E-state index is 14.2. The van der Waals surface area contributed by atoms with Gasteiger partial charge in [0.15, 0.2) is 5.82 Å². The third kappa shape index (κ3) is 3.64.